The highest BCUT2D eigenvalue weighted by Crippen LogP contribution is 2.50. The van der Waals surface area contributed by atoms with Crippen molar-refractivity contribution in [3.8, 4) is 72.4 Å². The zero-order valence-corrected chi connectivity index (χ0v) is 46.8. The van der Waals surface area contributed by atoms with Crippen molar-refractivity contribution in [3.05, 3.63) is 295 Å². The van der Waals surface area contributed by atoms with Crippen LogP contribution in [0.25, 0.3) is 94.3 Å². The molecule has 81 heavy (non-hydrogen) atoms. The quantitative estimate of drug-likeness (QED) is 0.105. The lowest BCUT2D eigenvalue weighted by Gasteiger charge is -2.25. The van der Waals surface area contributed by atoms with Gasteiger partial charge in [-0.15, -0.1) is 0 Å². The van der Waals surface area contributed by atoms with Gasteiger partial charge >= 0.3 is 0 Å². The zero-order valence-electron chi connectivity index (χ0n) is 46.8. The summed E-state index contributed by atoms with van der Waals surface area (Å²) in [7, 11) is 0. The molecule has 1 heterocycles. The Balaban J connectivity index is 1.25. The fraction of sp³-hybridized carbons (Fsp3) is 0.104. The van der Waals surface area contributed by atoms with E-state index in [0.29, 0.717) is 11.4 Å². The lowest BCUT2D eigenvalue weighted by atomic mass is 9.82. The highest BCUT2D eigenvalue weighted by molar-refractivity contribution is 6.20. The number of amidine groups is 2. The van der Waals surface area contributed by atoms with Gasteiger partial charge in [0.05, 0.1) is 16.7 Å². The molecular formula is C77H64N4. The van der Waals surface area contributed by atoms with Gasteiger partial charge in [0, 0.05) is 50.4 Å². The molecule has 0 aliphatic carbocycles. The molecule has 0 aliphatic rings. The molecule has 12 rings (SSSR count). The first-order chi connectivity index (χ1) is 39.4. The smallest absolute Gasteiger partial charge is 0.161 e. The Labute approximate surface area is 476 Å². The van der Waals surface area contributed by atoms with E-state index in [0.717, 1.165) is 94.6 Å². The molecule has 0 aliphatic heterocycles. The molecule has 1 N–H and O–H groups in total. The lowest BCUT2D eigenvalue weighted by molar-refractivity contribution is 0.590. The van der Waals surface area contributed by atoms with Gasteiger partial charge in [-0.05, 0) is 108 Å². The van der Waals surface area contributed by atoms with Crippen LogP contribution in [0.15, 0.2) is 277 Å². The Morgan fingerprint density at radius 1 is 0.358 bits per heavy atom. The van der Waals surface area contributed by atoms with Gasteiger partial charge in [0.15, 0.2) is 11.7 Å². The molecule has 0 saturated carbocycles. The lowest BCUT2D eigenvalue weighted by Crippen LogP contribution is -2.11. The molecule has 0 fully saturated rings. The van der Waals surface area contributed by atoms with Crippen molar-refractivity contribution in [1.82, 2.24) is 4.57 Å². The van der Waals surface area contributed by atoms with Gasteiger partial charge in [-0.2, -0.15) is 0 Å². The Bertz CT molecular complexity index is 4060. The minimum Gasteiger partial charge on any atom is -0.307 e. The van der Waals surface area contributed by atoms with E-state index in [4.69, 9.17) is 9.98 Å². The summed E-state index contributed by atoms with van der Waals surface area (Å²) in [4.78, 5) is 10.2. The fourth-order valence-corrected chi connectivity index (χ4v) is 11.0. The SMILES string of the molecule is CC(C)(C)c1cc(-c2ccccc2)c2c(c1)c1cc(C(C)(C)C)cc(-c3ccccc3)c1n2-c1c(-c2ccc(-c3ccccc3)cc2)cc(C(=N)N=C(N=Cc2ccccc2)c2ccccc2)cc1-c1ccc(-c2ccccc2)cc1. The van der Waals surface area contributed by atoms with Crippen molar-refractivity contribution in [2.45, 2.75) is 52.4 Å². The Morgan fingerprint density at radius 3 is 1.09 bits per heavy atom. The van der Waals surface area contributed by atoms with E-state index >= 15 is 0 Å². The van der Waals surface area contributed by atoms with E-state index in [-0.39, 0.29) is 16.7 Å². The number of hydrogen-bond acceptors (Lipinski definition) is 1. The molecule has 0 atom stereocenters. The summed E-state index contributed by atoms with van der Waals surface area (Å²) >= 11 is 0. The van der Waals surface area contributed by atoms with Gasteiger partial charge in [0.1, 0.15) is 0 Å². The summed E-state index contributed by atoms with van der Waals surface area (Å²) in [5.74, 6) is 0.541. The summed E-state index contributed by atoms with van der Waals surface area (Å²) in [5.41, 5.74) is 20.8. The maximum absolute atomic E-state index is 10.2. The summed E-state index contributed by atoms with van der Waals surface area (Å²) in [6.07, 6.45) is 1.83. The number of aliphatic imine (C=N–C) groups is 2. The van der Waals surface area contributed by atoms with Crippen LogP contribution >= 0.6 is 0 Å². The van der Waals surface area contributed by atoms with E-state index in [1.54, 1.807) is 0 Å². The number of benzene rings is 11. The van der Waals surface area contributed by atoms with Crippen molar-refractivity contribution < 1.29 is 0 Å². The minimum atomic E-state index is -0.167. The van der Waals surface area contributed by atoms with Crippen LogP contribution in [0.2, 0.25) is 0 Å². The third kappa shape index (κ3) is 10.6. The molecule has 0 spiro atoms. The number of hydrogen-bond donors (Lipinski definition) is 1. The third-order valence-corrected chi connectivity index (χ3v) is 15.5. The summed E-state index contributed by atoms with van der Waals surface area (Å²) < 4.78 is 2.59. The molecule has 0 unspecified atom stereocenters. The molecule has 0 saturated heterocycles. The van der Waals surface area contributed by atoms with Crippen LogP contribution < -0.4 is 0 Å². The standard InChI is InChI=1S/C77H64N4/c1-76(2,3)63-47-67(57-31-19-10-20-32-57)72-69(49-63)70-50-64(77(4,5)6)48-68(58-33-21-11-22-34-58)73(70)81(72)71-65(59-41-37-55(38-42-59)53-27-15-8-16-28-53)45-62(46-66(71)60-43-39-56(40-44-60)54-29-17-9-18-30-54)74(78)80-75(61-35-23-12-24-36-61)79-51-52-25-13-7-14-26-52/h7-51,78H,1-6H3. The molecule has 0 amide bonds. The van der Waals surface area contributed by atoms with E-state index < -0.39 is 0 Å². The molecule has 11 aromatic carbocycles. The maximum atomic E-state index is 10.2. The second kappa shape index (κ2) is 21.8. The van der Waals surface area contributed by atoms with Crippen LogP contribution in [0.1, 0.15) is 69.4 Å². The zero-order chi connectivity index (χ0) is 55.7. The predicted octanol–water partition coefficient (Wildman–Crippen LogP) is 20.3. The van der Waals surface area contributed by atoms with Crippen molar-refractivity contribution in [2.75, 3.05) is 0 Å². The summed E-state index contributed by atoms with van der Waals surface area (Å²) in [5, 5.41) is 12.6. The van der Waals surface area contributed by atoms with Crippen LogP contribution in [0, 0.1) is 5.41 Å². The number of nitrogens with one attached hydrogen (secondary N) is 1. The van der Waals surface area contributed by atoms with Crippen LogP contribution in [0.4, 0.5) is 0 Å². The maximum Gasteiger partial charge on any atom is 0.161 e. The van der Waals surface area contributed by atoms with Crippen LogP contribution in [0.3, 0.4) is 0 Å². The summed E-state index contributed by atoms with van der Waals surface area (Å²) in [6.45, 7) is 13.9. The Kier molecular flexibility index (Phi) is 14.0. The molecule has 4 heteroatoms. The molecule has 0 radical (unpaired) electrons. The average Bonchev–Trinajstić information content (AvgIpc) is 3.88. The number of fused-ring (bicyclic) bond motifs is 3. The second-order valence-corrected chi connectivity index (χ2v) is 23.0. The van der Waals surface area contributed by atoms with Gasteiger partial charge in [-0.3, -0.25) is 5.41 Å². The van der Waals surface area contributed by atoms with Crippen molar-refractivity contribution >= 4 is 39.7 Å². The predicted molar refractivity (Wildman–Crippen MR) is 345 cm³/mol. The van der Waals surface area contributed by atoms with Gasteiger partial charge in [-0.1, -0.05) is 272 Å². The first-order valence-electron chi connectivity index (χ1n) is 28.0. The molecule has 0 bridgehead atoms. The molecular weight excluding hydrogens is 981 g/mol. The Hall–Kier alpha value is -9.77. The molecule has 1 aromatic heterocycles. The van der Waals surface area contributed by atoms with E-state index in [1.807, 2.05) is 66.9 Å². The van der Waals surface area contributed by atoms with Gasteiger partial charge in [-0.25, -0.2) is 9.98 Å². The van der Waals surface area contributed by atoms with Gasteiger partial charge < -0.3 is 4.57 Å². The Morgan fingerprint density at radius 2 is 0.691 bits per heavy atom. The minimum absolute atomic E-state index is 0.0942. The monoisotopic (exact) mass is 1040 g/mol. The van der Waals surface area contributed by atoms with E-state index in [1.165, 1.54) is 21.9 Å². The fourth-order valence-electron chi connectivity index (χ4n) is 11.0. The first kappa shape index (κ1) is 52.0. The third-order valence-electron chi connectivity index (χ3n) is 15.5. The van der Waals surface area contributed by atoms with Crippen molar-refractivity contribution in [3.63, 3.8) is 0 Å². The van der Waals surface area contributed by atoms with Crippen LogP contribution in [0.5, 0.6) is 0 Å². The van der Waals surface area contributed by atoms with E-state index in [9.17, 15) is 5.41 Å². The normalized spacial score (nSPS) is 12.1. The average molecular weight is 1050 g/mol. The summed E-state index contributed by atoms with van der Waals surface area (Å²) in [6, 6.07) is 95.1. The van der Waals surface area contributed by atoms with Gasteiger partial charge in [0.2, 0.25) is 0 Å². The highest BCUT2D eigenvalue weighted by Gasteiger charge is 2.30. The van der Waals surface area contributed by atoms with Crippen molar-refractivity contribution in [1.29, 1.82) is 5.41 Å². The largest absolute Gasteiger partial charge is 0.307 e. The van der Waals surface area contributed by atoms with Gasteiger partial charge in [0.25, 0.3) is 0 Å². The second-order valence-electron chi connectivity index (χ2n) is 23.0. The van der Waals surface area contributed by atoms with E-state index in [2.05, 4.69) is 252 Å². The first-order valence-corrected chi connectivity index (χ1v) is 28.0. The number of nitrogens with zero attached hydrogens (tertiary/aromatic N) is 3. The van der Waals surface area contributed by atoms with Crippen LogP contribution in [-0.4, -0.2) is 22.5 Å². The molecule has 392 valence electrons. The number of rotatable bonds is 10. The van der Waals surface area contributed by atoms with Crippen LogP contribution in [-0.2, 0) is 10.8 Å². The molecule has 4 nitrogen and oxygen atoms in total. The topological polar surface area (TPSA) is 53.5 Å². The highest BCUT2D eigenvalue weighted by atomic mass is 15.0. The van der Waals surface area contributed by atoms with Crippen molar-refractivity contribution in [2.24, 2.45) is 9.98 Å². The molecule has 12 aromatic rings. The number of aromatic nitrogens is 1.